The molecule has 0 bridgehead atoms. The Morgan fingerprint density at radius 2 is 1.54 bits per heavy atom. The molecule has 3 aromatic rings. The molecule has 2 nitrogen and oxygen atoms in total. The molecule has 2 N–H and O–H groups in total. The molecule has 0 aliphatic carbocycles. The zero-order chi connectivity index (χ0) is 19.6. The first kappa shape index (κ1) is 20.4. The van der Waals surface area contributed by atoms with Gasteiger partial charge in [-0.05, 0) is 67.4 Å². The van der Waals surface area contributed by atoms with Crippen molar-refractivity contribution >= 4 is 34.8 Å². The molecule has 0 heterocycles. The first-order chi connectivity index (χ1) is 13.7. The Bertz CT molecular complexity index is 859. The van der Waals surface area contributed by atoms with Crippen molar-refractivity contribution in [1.29, 1.82) is 0 Å². The van der Waals surface area contributed by atoms with E-state index < -0.39 is 0 Å². The Balaban J connectivity index is 1.36. The first-order valence-electron chi connectivity index (χ1n) is 9.56. The number of thiocarbonyl (C=S) groups is 1. The Morgan fingerprint density at radius 3 is 2.25 bits per heavy atom. The van der Waals surface area contributed by atoms with Crippen LogP contribution in [0.15, 0.2) is 83.8 Å². The fourth-order valence-electron chi connectivity index (χ4n) is 2.79. The minimum atomic E-state index is 0.676. The van der Waals surface area contributed by atoms with E-state index in [2.05, 4.69) is 90.4 Å². The third kappa shape index (κ3) is 7.02. The van der Waals surface area contributed by atoms with Crippen LogP contribution in [0.25, 0.3) is 0 Å². The Morgan fingerprint density at radius 1 is 0.857 bits per heavy atom. The number of thioether (sulfide) groups is 1. The molecule has 3 aromatic carbocycles. The summed E-state index contributed by atoms with van der Waals surface area (Å²) >= 11 is 7.25. The number of rotatable bonds is 8. The summed E-state index contributed by atoms with van der Waals surface area (Å²) in [5.74, 6) is 0.964. The van der Waals surface area contributed by atoms with Crippen LogP contribution in [0.3, 0.4) is 0 Å². The van der Waals surface area contributed by atoms with Gasteiger partial charge in [-0.15, -0.1) is 11.8 Å². The van der Waals surface area contributed by atoms with Gasteiger partial charge in [-0.25, -0.2) is 0 Å². The number of nitrogens with one attached hydrogen (secondary N) is 2. The maximum absolute atomic E-state index is 5.40. The van der Waals surface area contributed by atoms with Gasteiger partial charge in [0.15, 0.2) is 5.11 Å². The number of hydrogen-bond acceptors (Lipinski definition) is 2. The average Bonchev–Trinajstić information content (AvgIpc) is 2.73. The van der Waals surface area contributed by atoms with Crippen molar-refractivity contribution in [3.8, 4) is 0 Å². The van der Waals surface area contributed by atoms with Crippen LogP contribution in [0.4, 0.5) is 5.69 Å². The first-order valence-corrected chi connectivity index (χ1v) is 11.0. The van der Waals surface area contributed by atoms with Crippen LogP contribution in [-0.4, -0.2) is 11.7 Å². The quantitative estimate of drug-likeness (QED) is 0.264. The van der Waals surface area contributed by atoms with E-state index in [-0.39, 0.29) is 0 Å². The molecule has 0 aliphatic rings. The third-order valence-corrected chi connectivity index (χ3v) is 5.74. The van der Waals surface area contributed by atoms with Gasteiger partial charge >= 0.3 is 0 Å². The molecule has 0 aliphatic heterocycles. The predicted molar refractivity (Wildman–Crippen MR) is 126 cm³/mol. The topological polar surface area (TPSA) is 24.1 Å². The normalized spacial score (nSPS) is 10.5. The standard InChI is InChI=1S/C24H26N2S2/c1-19-9-11-20(12-10-19)6-5-17-25-24(27)26-22-15-13-21(14-16-22)18-28-23-7-3-2-4-8-23/h2-4,7-16H,5-6,17-18H2,1H3,(H2,25,26,27). The summed E-state index contributed by atoms with van der Waals surface area (Å²) in [4.78, 5) is 1.29. The van der Waals surface area contributed by atoms with Gasteiger partial charge in [0, 0.05) is 22.9 Å². The molecular weight excluding hydrogens is 380 g/mol. The van der Waals surface area contributed by atoms with E-state index in [1.807, 2.05) is 17.8 Å². The van der Waals surface area contributed by atoms with Gasteiger partial charge in [-0.1, -0.05) is 60.2 Å². The van der Waals surface area contributed by atoms with Crippen LogP contribution >= 0.6 is 24.0 Å². The fourth-order valence-corrected chi connectivity index (χ4v) is 3.89. The van der Waals surface area contributed by atoms with Crippen LogP contribution in [0.1, 0.15) is 23.1 Å². The molecule has 0 radical (unpaired) electrons. The summed E-state index contributed by atoms with van der Waals surface area (Å²) < 4.78 is 0. The van der Waals surface area contributed by atoms with E-state index in [9.17, 15) is 0 Å². The van der Waals surface area contributed by atoms with Crippen molar-refractivity contribution < 1.29 is 0 Å². The zero-order valence-corrected chi connectivity index (χ0v) is 17.8. The van der Waals surface area contributed by atoms with Crippen molar-refractivity contribution in [2.24, 2.45) is 0 Å². The van der Waals surface area contributed by atoms with Crippen LogP contribution in [0.5, 0.6) is 0 Å². The van der Waals surface area contributed by atoms with Crippen LogP contribution in [0.2, 0.25) is 0 Å². The summed E-state index contributed by atoms with van der Waals surface area (Å²) in [5.41, 5.74) is 4.99. The lowest BCUT2D eigenvalue weighted by Gasteiger charge is -2.11. The summed E-state index contributed by atoms with van der Waals surface area (Å²) in [6.45, 7) is 2.98. The lowest BCUT2D eigenvalue weighted by Crippen LogP contribution is -2.29. The van der Waals surface area contributed by atoms with Crippen LogP contribution in [-0.2, 0) is 12.2 Å². The molecule has 28 heavy (non-hydrogen) atoms. The molecule has 0 fully saturated rings. The SMILES string of the molecule is Cc1ccc(CCCNC(=S)Nc2ccc(CSc3ccccc3)cc2)cc1. The molecule has 0 atom stereocenters. The number of benzene rings is 3. The van der Waals surface area contributed by atoms with Crippen molar-refractivity contribution in [2.75, 3.05) is 11.9 Å². The largest absolute Gasteiger partial charge is 0.362 e. The fraction of sp³-hybridized carbons (Fsp3) is 0.208. The van der Waals surface area contributed by atoms with Gasteiger partial charge in [0.05, 0.1) is 0 Å². The van der Waals surface area contributed by atoms with Gasteiger partial charge in [0.2, 0.25) is 0 Å². The number of hydrogen-bond donors (Lipinski definition) is 2. The lowest BCUT2D eigenvalue weighted by molar-refractivity contribution is 0.777. The smallest absolute Gasteiger partial charge is 0.170 e. The lowest BCUT2D eigenvalue weighted by atomic mass is 10.1. The van der Waals surface area contributed by atoms with E-state index in [1.165, 1.54) is 21.6 Å². The summed E-state index contributed by atoms with van der Waals surface area (Å²) in [5, 5.41) is 7.23. The monoisotopic (exact) mass is 406 g/mol. The molecule has 0 amide bonds. The van der Waals surface area contributed by atoms with E-state index in [0.29, 0.717) is 5.11 Å². The number of anilines is 1. The highest BCUT2D eigenvalue weighted by molar-refractivity contribution is 7.98. The molecular formula is C24H26N2S2. The van der Waals surface area contributed by atoms with Crippen LogP contribution < -0.4 is 10.6 Å². The van der Waals surface area contributed by atoms with Crippen molar-refractivity contribution in [3.05, 3.63) is 95.6 Å². The summed E-state index contributed by atoms with van der Waals surface area (Å²) in [6.07, 6.45) is 2.12. The molecule has 3 rings (SSSR count). The summed E-state index contributed by atoms with van der Waals surface area (Å²) in [6, 6.07) is 27.7. The van der Waals surface area contributed by atoms with Gasteiger partial charge in [0.1, 0.15) is 0 Å². The van der Waals surface area contributed by atoms with Crippen LogP contribution in [0, 0.1) is 6.92 Å². The highest BCUT2D eigenvalue weighted by Crippen LogP contribution is 2.23. The zero-order valence-electron chi connectivity index (χ0n) is 16.2. The average molecular weight is 407 g/mol. The van der Waals surface area contributed by atoms with Crippen molar-refractivity contribution in [1.82, 2.24) is 5.32 Å². The highest BCUT2D eigenvalue weighted by atomic mass is 32.2. The molecule has 0 saturated heterocycles. The van der Waals surface area contributed by atoms with Gasteiger partial charge in [-0.2, -0.15) is 0 Å². The maximum Gasteiger partial charge on any atom is 0.170 e. The van der Waals surface area contributed by atoms with Crippen molar-refractivity contribution in [3.63, 3.8) is 0 Å². The van der Waals surface area contributed by atoms with Gasteiger partial charge in [-0.3, -0.25) is 0 Å². The van der Waals surface area contributed by atoms with E-state index in [1.54, 1.807) is 0 Å². The molecule has 0 unspecified atom stereocenters. The van der Waals surface area contributed by atoms with E-state index in [4.69, 9.17) is 12.2 Å². The Kier molecular flexibility index (Phi) is 7.94. The molecule has 0 saturated carbocycles. The van der Waals surface area contributed by atoms with E-state index >= 15 is 0 Å². The predicted octanol–water partition coefficient (Wildman–Crippen LogP) is 6.21. The third-order valence-electron chi connectivity index (χ3n) is 4.41. The molecule has 4 heteroatoms. The molecule has 0 spiro atoms. The second-order valence-corrected chi connectivity index (χ2v) is 8.23. The second kappa shape index (κ2) is 10.9. The van der Waals surface area contributed by atoms with E-state index in [0.717, 1.165) is 30.8 Å². The molecule has 0 aromatic heterocycles. The number of aryl methyl sites for hydroxylation is 2. The second-order valence-electron chi connectivity index (χ2n) is 6.77. The highest BCUT2D eigenvalue weighted by Gasteiger charge is 2.00. The molecule has 144 valence electrons. The van der Waals surface area contributed by atoms with Crippen molar-refractivity contribution in [2.45, 2.75) is 30.4 Å². The Hall–Kier alpha value is -2.30. The summed E-state index contributed by atoms with van der Waals surface area (Å²) in [7, 11) is 0. The van der Waals surface area contributed by atoms with Gasteiger partial charge < -0.3 is 10.6 Å². The minimum Gasteiger partial charge on any atom is -0.362 e. The van der Waals surface area contributed by atoms with Gasteiger partial charge in [0.25, 0.3) is 0 Å². The Labute approximate surface area is 177 Å². The minimum absolute atomic E-state index is 0.676. The maximum atomic E-state index is 5.40.